The van der Waals surface area contributed by atoms with E-state index in [0.717, 1.165) is 42.7 Å². The molecular formula is C11H14ClN5. The summed E-state index contributed by atoms with van der Waals surface area (Å²) >= 11 is 5.84. The Balaban J connectivity index is 1.99. The van der Waals surface area contributed by atoms with E-state index in [9.17, 15) is 0 Å². The number of hydrogen-bond acceptors (Lipinski definition) is 4. The molecule has 17 heavy (non-hydrogen) atoms. The minimum absolute atomic E-state index is 0.232. The van der Waals surface area contributed by atoms with Crippen molar-refractivity contribution in [2.24, 2.45) is 5.73 Å². The van der Waals surface area contributed by atoms with E-state index in [0.29, 0.717) is 5.15 Å². The lowest BCUT2D eigenvalue weighted by Crippen LogP contribution is -2.43. The Bertz CT molecular complexity index is 538. The summed E-state index contributed by atoms with van der Waals surface area (Å²) in [7, 11) is 0. The van der Waals surface area contributed by atoms with Gasteiger partial charge in [0.1, 0.15) is 5.15 Å². The lowest BCUT2D eigenvalue weighted by Gasteiger charge is -2.30. The number of pyridine rings is 1. The van der Waals surface area contributed by atoms with E-state index in [1.165, 1.54) is 0 Å². The molecule has 0 aliphatic carbocycles. The van der Waals surface area contributed by atoms with Gasteiger partial charge in [-0.05, 0) is 12.8 Å². The first-order valence-corrected chi connectivity index (χ1v) is 6.12. The van der Waals surface area contributed by atoms with Crippen molar-refractivity contribution < 1.29 is 0 Å². The molecule has 0 bridgehead atoms. The van der Waals surface area contributed by atoms with Crippen LogP contribution in [0.2, 0.25) is 5.15 Å². The maximum atomic E-state index is 5.98. The molecule has 0 amide bonds. The van der Waals surface area contributed by atoms with Crippen molar-refractivity contribution in [3.8, 4) is 0 Å². The number of piperidine rings is 1. The summed E-state index contributed by atoms with van der Waals surface area (Å²) in [6.45, 7) is 1.85. The van der Waals surface area contributed by atoms with Crippen molar-refractivity contribution >= 4 is 28.3 Å². The molecule has 5 nitrogen and oxygen atoms in total. The van der Waals surface area contributed by atoms with Crippen LogP contribution in [0.15, 0.2) is 12.3 Å². The predicted molar refractivity (Wildman–Crippen MR) is 68.3 cm³/mol. The van der Waals surface area contributed by atoms with Gasteiger partial charge in [-0.15, -0.1) is 0 Å². The number of anilines is 1. The topological polar surface area (TPSA) is 70.8 Å². The van der Waals surface area contributed by atoms with Crippen LogP contribution in [0.5, 0.6) is 0 Å². The summed E-state index contributed by atoms with van der Waals surface area (Å²) in [6.07, 6.45) is 3.95. The summed E-state index contributed by atoms with van der Waals surface area (Å²) in [4.78, 5) is 6.31. The summed E-state index contributed by atoms with van der Waals surface area (Å²) in [5, 5.41) is 8.80. The van der Waals surface area contributed by atoms with Crippen LogP contribution < -0.4 is 10.6 Å². The third-order valence-electron chi connectivity index (χ3n) is 3.15. The molecule has 1 atom stereocenters. The number of halogens is 1. The Morgan fingerprint density at radius 2 is 2.41 bits per heavy atom. The second-order valence-electron chi connectivity index (χ2n) is 4.45. The minimum atomic E-state index is 0.232. The SMILES string of the molecule is NC1CCCN(c2n[nH]c3cc(Cl)ncc23)C1. The van der Waals surface area contributed by atoms with E-state index in [1.54, 1.807) is 12.3 Å². The van der Waals surface area contributed by atoms with Gasteiger partial charge >= 0.3 is 0 Å². The highest BCUT2D eigenvalue weighted by atomic mass is 35.5. The standard InChI is InChI=1S/C11H14ClN5/c12-10-4-9-8(5-14-10)11(16-15-9)17-3-1-2-7(13)6-17/h4-5,7H,1-3,6,13H2,(H,15,16). The Morgan fingerprint density at radius 3 is 3.24 bits per heavy atom. The number of nitrogens with one attached hydrogen (secondary N) is 1. The average molecular weight is 252 g/mol. The Labute approximate surface area is 104 Å². The zero-order chi connectivity index (χ0) is 11.8. The molecule has 0 aromatic carbocycles. The van der Waals surface area contributed by atoms with Gasteiger partial charge in [-0.3, -0.25) is 5.10 Å². The van der Waals surface area contributed by atoms with Crippen molar-refractivity contribution in [3.05, 3.63) is 17.4 Å². The summed E-state index contributed by atoms with van der Waals surface area (Å²) < 4.78 is 0. The molecule has 3 rings (SSSR count). The van der Waals surface area contributed by atoms with Crippen molar-refractivity contribution in [1.29, 1.82) is 0 Å². The highest BCUT2D eigenvalue weighted by Gasteiger charge is 2.20. The lowest BCUT2D eigenvalue weighted by atomic mass is 10.1. The molecule has 1 unspecified atom stereocenters. The molecule has 0 spiro atoms. The van der Waals surface area contributed by atoms with E-state index >= 15 is 0 Å². The number of aromatic amines is 1. The van der Waals surface area contributed by atoms with Gasteiger partial charge in [0, 0.05) is 31.4 Å². The number of hydrogen-bond donors (Lipinski definition) is 2. The lowest BCUT2D eigenvalue weighted by molar-refractivity contribution is 0.503. The van der Waals surface area contributed by atoms with Crippen molar-refractivity contribution in [3.63, 3.8) is 0 Å². The molecule has 3 N–H and O–H groups in total. The van der Waals surface area contributed by atoms with Gasteiger partial charge in [0.2, 0.25) is 0 Å². The van der Waals surface area contributed by atoms with Crippen LogP contribution in [-0.4, -0.2) is 34.3 Å². The molecule has 3 heterocycles. The molecule has 2 aromatic heterocycles. The zero-order valence-electron chi connectivity index (χ0n) is 9.36. The van der Waals surface area contributed by atoms with Gasteiger partial charge in [-0.2, -0.15) is 5.10 Å². The molecule has 0 radical (unpaired) electrons. The highest BCUT2D eigenvalue weighted by molar-refractivity contribution is 6.30. The Hall–Kier alpha value is -1.33. The fourth-order valence-electron chi connectivity index (χ4n) is 2.32. The molecule has 6 heteroatoms. The normalized spacial score (nSPS) is 21.1. The molecule has 0 saturated carbocycles. The predicted octanol–water partition coefficient (Wildman–Crippen LogP) is 1.54. The van der Waals surface area contributed by atoms with Gasteiger partial charge in [0.05, 0.1) is 10.9 Å². The van der Waals surface area contributed by atoms with E-state index < -0.39 is 0 Å². The quantitative estimate of drug-likeness (QED) is 0.755. The largest absolute Gasteiger partial charge is 0.353 e. The van der Waals surface area contributed by atoms with Crippen molar-refractivity contribution in [2.75, 3.05) is 18.0 Å². The van der Waals surface area contributed by atoms with Crippen LogP contribution in [0.25, 0.3) is 10.9 Å². The van der Waals surface area contributed by atoms with Crippen LogP contribution in [0, 0.1) is 0 Å². The smallest absolute Gasteiger partial charge is 0.159 e. The van der Waals surface area contributed by atoms with Crippen LogP contribution >= 0.6 is 11.6 Å². The fourth-order valence-corrected chi connectivity index (χ4v) is 2.48. The molecule has 1 saturated heterocycles. The van der Waals surface area contributed by atoms with Crippen molar-refractivity contribution in [1.82, 2.24) is 15.2 Å². The molecule has 1 aliphatic heterocycles. The average Bonchev–Trinajstić information content (AvgIpc) is 2.71. The summed E-state index contributed by atoms with van der Waals surface area (Å²) in [5.74, 6) is 0.930. The van der Waals surface area contributed by atoms with Gasteiger partial charge in [0.25, 0.3) is 0 Å². The number of fused-ring (bicyclic) bond motifs is 1. The minimum Gasteiger partial charge on any atom is -0.353 e. The number of H-pyrrole nitrogens is 1. The fraction of sp³-hybridized carbons (Fsp3) is 0.455. The first kappa shape index (κ1) is 10.8. The highest BCUT2D eigenvalue weighted by Crippen LogP contribution is 2.26. The summed E-state index contributed by atoms with van der Waals surface area (Å²) in [6, 6.07) is 2.02. The third-order valence-corrected chi connectivity index (χ3v) is 3.36. The van der Waals surface area contributed by atoms with Gasteiger partial charge in [0.15, 0.2) is 5.82 Å². The van der Waals surface area contributed by atoms with E-state index in [1.807, 2.05) is 0 Å². The van der Waals surface area contributed by atoms with Crippen LogP contribution in [0.3, 0.4) is 0 Å². The number of nitrogens with two attached hydrogens (primary N) is 1. The Kier molecular flexibility index (Phi) is 2.64. The van der Waals surface area contributed by atoms with Crippen LogP contribution in [0.4, 0.5) is 5.82 Å². The van der Waals surface area contributed by atoms with Crippen molar-refractivity contribution in [2.45, 2.75) is 18.9 Å². The molecule has 1 fully saturated rings. The van der Waals surface area contributed by atoms with Gasteiger partial charge in [-0.25, -0.2) is 4.98 Å². The second-order valence-corrected chi connectivity index (χ2v) is 4.84. The molecule has 90 valence electrons. The first-order valence-electron chi connectivity index (χ1n) is 5.74. The number of nitrogens with zero attached hydrogens (tertiary/aromatic N) is 3. The summed E-state index contributed by atoms with van der Waals surface area (Å²) in [5.41, 5.74) is 6.90. The van der Waals surface area contributed by atoms with Crippen LogP contribution in [-0.2, 0) is 0 Å². The molecule has 2 aromatic rings. The molecular weight excluding hydrogens is 238 g/mol. The Morgan fingerprint density at radius 1 is 1.53 bits per heavy atom. The van der Waals surface area contributed by atoms with E-state index in [2.05, 4.69) is 20.1 Å². The van der Waals surface area contributed by atoms with Crippen LogP contribution in [0.1, 0.15) is 12.8 Å². The molecule has 1 aliphatic rings. The van der Waals surface area contributed by atoms with Gasteiger partial charge < -0.3 is 10.6 Å². The maximum Gasteiger partial charge on any atom is 0.159 e. The third kappa shape index (κ3) is 1.96. The van der Waals surface area contributed by atoms with E-state index in [-0.39, 0.29) is 6.04 Å². The first-order chi connectivity index (χ1) is 8.24. The number of rotatable bonds is 1. The van der Waals surface area contributed by atoms with Gasteiger partial charge in [-0.1, -0.05) is 11.6 Å². The monoisotopic (exact) mass is 251 g/mol. The maximum absolute atomic E-state index is 5.98. The number of aromatic nitrogens is 3. The zero-order valence-corrected chi connectivity index (χ0v) is 10.1. The second kappa shape index (κ2) is 4.16. The van der Waals surface area contributed by atoms with E-state index in [4.69, 9.17) is 17.3 Å².